The Morgan fingerprint density at radius 1 is 1.50 bits per heavy atom. The first-order valence-electron chi connectivity index (χ1n) is 5.97. The number of aliphatic hydroxyl groups is 1. The summed E-state index contributed by atoms with van der Waals surface area (Å²) in [5.41, 5.74) is 0.723. The second-order valence-corrected chi connectivity index (χ2v) is 4.57. The van der Waals surface area contributed by atoms with Gasteiger partial charge < -0.3 is 14.7 Å². The van der Waals surface area contributed by atoms with Crippen LogP contribution in [-0.4, -0.2) is 31.2 Å². The van der Waals surface area contributed by atoms with Crippen molar-refractivity contribution < 1.29 is 5.11 Å². The highest BCUT2D eigenvalue weighted by Gasteiger charge is 2.21. The van der Waals surface area contributed by atoms with E-state index >= 15 is 0 Å². The van der Waals surface area contributed by atoms with Gasteiger partial charge in [-0.1, -0.05) is 12.2 Å². The summed E-state index contributed by atoms with van der Waals surface area (Å²) in [7, 11) is 0. The normalized spacial score (nSPS) is 23.6. The first-order chi connectivity index (χ1) is 8.79. The SMILES string of the molecule is O=c1[nH]cnc2c1ncn2[C@@H]1C=CC[C@@H](CO)C1. The number of aromatic amines is 1. The van der Waals surface area contributed by atoms with Crippen molar-refractivity contribution in [3.8, 4) is 0 Å². The van der Waals surface area contributed by atoms with E-state index in [9.17, 15) is 9.90 Å². The molecule has 94 valence electrons. The molecule has 0 radical (unpaired) electrons. The lowest BCUT2D eigenvalue weighted by atomic mass is 9.91. The van der Waals surface area contributed by atoms with Crippen LogP contribution in [0, 0.1) is 5.92 Å². The molecule has 0 fully saturated rings. The topological polar surface area (TPSA) is 83.8 Å². The van der Waals surface area contributed by atoms with Crippen molar-refractivity contribution in [3.05, 3.63) is 35.2 Å². The molecule has 0 spiro atoms. The lowest BCUT2D eigenvalue weighted by molar-refractivity contribution is 0.204. The maximum Gasteiger partial charge on any atom is 0.278 e. The predicted octanol–water partition coefficient (Wildman–Crippen LogP) is 0.619. The van der Waals surface area contributed by atoms with Crippen LogP contribution in [0.3, 0.4) is 0 Å². The molecule has 1 aliphatic rings. The van der Waals surface area contributed by atoms with Gasteiger partial charge in [-0.3, -0.25) is 4.79 Å². The number of nitrogens with one attached hydrogen (secondary N) is 1. The molecule has 0 aromatic carbocycles. The van der Waals surface area contributed by atoms with Crippen LogP contribution in [0.4, 0.5) is 0 Å². The van der Waals surface area contributed by atoms with Crippen molar-refractivity contribution in [2.24, 2.45) is 5.92 Å². The van der Waals surface area contributed by atoms with Crippen LogP contribution in [0.5, 0.6) is 0 Å². The number of rotatable bonds is 2. The van der Waals surface area contributed by atoms with Crippen molar-refractivity contribution in [1.82, 2.24) is 19.5 Å². The van der Waals surface area contributed by atoms with Crippen LogP contribution in [0.15, 0.2) is 29.6 Å². The standard InChI is InChI=1S/C12H14N4O2/c17-5-8-2-1-3-9(4-8)16-7-15-10-11(16)13-6-14-12(10)18/h1,3,6-9,17H,2,4-5H2,(H,13,14,18)/t8-,9-/m1/s1. The molecule has 6 nitrogen and oxygen atoms in total. The third-order valence-electron chi connectivity index (χ3n) is 3.38. The molecule has 0 saturated carbocycles. The van der Waals surface area contributed by atoms with E-state index in [4.69, 9.17) is 0 Å². The lowest BCUT2D eigenvalue weighted by Gasteiger charge is -2.24. The van der Waals surface area contributed by atoms with Crippen molar-refractivity contribution in [2.75, 3.05) is 6.61 Å². The monoisotopic (exact) mass is 246 g/mol. The molecule has 3 rings (SSSR count). The molecular weight excluding hydrogens is 232 g/mol. The molecule has 0 bridgehead atoms. The molecule has 0 saturated heterocycles. The highest BCUT2D eigenvalue weighted by Crippen LogP contribution is 2.28. The summed E-state index contributed by atoms with van der Waals surface area (Å²) in [5, 5.41) is 9.23. The van der Waals surface area contributed by atoms with Crippen LogP contribution in [0.25, 0.3) is 11.2 Å². The van der Waals surface area contributed by atoms with Gasteiger partial charge in [0.2, 0.25) is 0 Å². The Bertz CT molecular complexity index is 643. The van der Waals surface area contributed by atoms with Gasteiger partial charge in [0, 0.05) is 6.61 Å². The molecule has 18 heavy (non-hydrogen) atoms. The molecule has 6 heteroatoms. The molecule has 2 N–H and O–H groups in total. The Morgan fingerprint density at radius 2 is 2.39 bits per heavy atom. The second kappa shape index (κ2) is 4.38. The minimum atomic E-state index is -0.225. The van der Waals surface area contributed by atoms with Crippen molar-refractivity contribution in [2.45, 2.75) is 18.9 Å². The Kier molecular flexibility index (Phi) is 2.71. The predicted molar refractivity (Wildman–Crippen MR) is 66.1 cm³/mol. The smallest absolute Gasteiger partial charge is 0.278 e. The van der Waals surface area contributed by atoms with E-state index in [0.29, 0.717) is 11.2 Å². The zero-order valence-electron chi connectivity index (χ0n) is 9.78. The third kappa shape index (κ3) is 1.74. The molecule has 2 atom stereocenters. The number of fused-ring (bicyclic) bond motifs is 1. The molecular formula is C12H14N4O2. The van der Waals surface area contributed by atoms with Crippen LogP contribution in [0.1, 0.15) is 18.9 Å². The lowest BCUT2D eigenvalue weighted by Crippen LogP contribution is -2.18. The first-order valence-corrected chi connectivity index (χ1v) is 5.97. The number of aromatic nitrogens is 4. The van der Waals surface area contributed by atoms with E-state index in [1.165, 1.54) is 6.33 Å². The van der Waals surface area contributed by atoms with Crippen LogP contribution in [0.2, 0.25) is 0 Å². The highest BCUT2D eigenvalue weighted by atomic mass is 16.3. The van der Waals surface area contributed by atoms with E-state index in [1.807, 2.05) is 4.57 Å². The Hall–Kier alpha value is -1.95. The van der Waals surface area contributed by atoms with E-state index in [1.54, 1.807) is 6.33 Å². The maximum absolute atomic E-state index is 11.6. The van der Waals surface area contributed by atoms with Gasteiger partial charge >= 0.3 is 0 Å². The van der Waals surface area contributed by atoms with Gasteiger partial charge in [-0.25, -0.2) is 9.97 Å². The van der Waals surface area contributed by atoms with Crippen LogP contribution < -0.4 is 5.56 Å². The fourth-order valence-corrected chi connectivity index (χ4v) is 2.41. The van der Waals surface area contributed by atoms with Crippen molar-refractivity contribution >= 4 is 11.2 Å². The molecule has 0 unspecified atom stereocenters. The van der Waals surface area contributed by atoms with E-state index < -0.39 is 0 Å². The Balaban J connectivity index is 2.05. The molecule has 0 aliphatic heterocycles. The summed E-state index contributed by atoms with van der Waals surface area (Å²) in [6.45, 7) is 0.182. The van der Waals surface area contributed by atoms with Gasteiger partial charge in [-0.2, -0.15) is 0 Å². The van der Waals surface area contributed by atoms with Crippen molar-refractivity contribution in [3.63, 3.8) is 0 Å². The zero-order chi connectivity index (χ0) is 12.5. The summed E-state index contributed by atoms with van der Waals surface area (Å²) in [6.07, 6.45) is 8.91. The fraction of sp³-hybridized carbons (Fsp3) is 0.417. The van der Waals surface area contributed by atoms with E-state index in [-0.39, 0.29) is 24.1 Å². The Labute approximate surface area is 103 Å². The van der Waals surface area contributed by atoms with Gasteiger partial charge in [0.1, 0.15) is 0 Å². The quantitative estimate of drug-likeness (QED) is 0.761. The number of hydrogen-bond acceptors (Lipinski definition) is 4. The highest BCUT2D eigenvalue weighted by molar-refractivity contribution is 5.69. The van der Waals surface area contributed by atoms with E-state index in [2.05, 4.69) is 27.1 Å². The second-order valence-electron chi connectivity index (χ2n) is 4.57. The van der Waals surface area contributed by atoms with Crippen molar-refractivity contribution in [1.29, 1.82) is 0 Å². The summed E-state index contributed by atoms with van der Waals surface area (Å²) in [6, 6.07) is 0.107. The first kappa shape index (κ1) is 11.2. The summed E-state index contributed by atoms with van der Waals surface area (Å²) < 4.78 is 1.89. The van der Waals surface area contributed by atoms with E-state index in [0.717, 1.165) is 12.8 Å². The number of hydrogen-bond donors (Lipinski definition) is 2. The largest absolute Gasteiger partial charge is 0.396 e. The average molecular weight is 246 g/mol. The molecule has 2 aromatic heterocycles. The number of nitrogens with zero attached hydrogens (tertiary/aromatic N) is 3. The number of aliphatic hydroxyl groups excluding tert-OH is 1. The molecule has 0 amide bonds. The number of allylic oxidation sites excluding steroid dienone is 2. The minimum Gasteiger partial charge on any atom is -0.396 e. The number of H-pyrrole nitrogens is 1. The molecule has 1 aliphatic carbocycles. The average Bonchev–Trinajstić information content (AvgIpc) is 2.84. The summed E-state index contributed by atoms with van der Waals surface area (Å²) in [5.74, 6) is 0.263. The fourth-order valence-electron chi connectivity index (χ4n) is 2.41. The maximum atomic E-state index is 11.6. The third-order valence-corrected chi connectivity index (χ3v) is 3.38. The Morgan fingerprint density at radius 3 is 3.22 bits per heavy atom. The van der Waals surface area contributed by atoms with Crippen LogP contribution >= 0.6 is 0 Å². The van der Waals surface area contributed by atoms with Gasteiger partial charge in [0.25, 0.3) is 5.56 Å². The molecule has 2 aromatic rings. The van der Waals surface area contributed by atoms with Gasteiger partial charge in [0.15, 0.2) is 11.2 Å². The van der Waals surface area contributed by atoms with Gasteiger partial charge in [0.05, 0.1) is 18.7 Å². The molecule has 2 heterocycles. The summed E-state index contributed by atoms with van der Waals surface area (Å²) >= 11 is 0. The van der Waals surface area contributed by atoms with Crippen LogP contribution in [-0.2, 0) is 0 Å². The number of imidazole rings is 1. The van der Waals surface area contributed by atoms with Gasteiger partial charge in [-0.15, -0.1) is 0 Å². The minimum absolute atomic E-state index is 0.107. The summed E-state index contributed by atoms with van der Waals surface area (Å²) in [4.78, 5) is 22.4. The van der Waals surface area contributed by atoms with Gasteiger partial charge in [-0.05, 0) is 18.8 Å². The zero-order valence-corrected chi connectivity index (χ0v) is 9.78.